The van der Waals surface area contributed by atoms with E-state index in [0.717, 1.165) is 15.4 Å². The molecule has 0 aliphatic rings. The molecule has 106 valence electrons. The van der Waals surface area contributed by atoms with E-state index in [1.807, 2.05) is 18.2 Å². The summed E-state index contributed by atoms with van der Waals surface area (Å²) in [7, 11) is 0. The second-order valence-electron chi connectivity index (χ2n) is 4.44. The normalized spacial score (nSPS) is 10.8. The minimum Gasteiger partial charge on any atom is -0.349 e. The number of fused-ring (bicyclic) bond motifs is 1. The minimum absolute atomic E-state index is 0.110. The van der Waals surface area contributed by atoms with Gasteiger partial charge in [-0.2, -0.15) is 0 Å². The number of anilines is 1. The Hall–Kier alpha value is -1.85. The summed E-state index contributed by atoms with van der Waals surface area (Å²) in [5.74, 6) is -0.988. The van der Waals surface area contributed by atoms with E-state index in [2.05, 4.69) is 26.2 Å². The number of nitrogens with one attached hydrogen (secondary N) is 2. The predicted octanol–water partition coefficient (Wildman–Crippen LogP) is 4.98. The molecular formula is C15H9BrClFN2O. The molecule has 6 heteroatoms. The van der Waals surface area contributed by atoms with Gasteiger partial charge in [0.05, 0.1) is 10.7 Å². The summed E-state index contributed by atoms with van der Waals surface area (Å²) in [4.78, 5) is 15.2. The molecule has 0 saturated heterocycles. The molecular weight excluding hydrogens is 359 g/mol. The van der Waals surface area contributed by atoms with E-state index in [4.69, 9.17) is 11.6 Å². The second kappa shape index (κ2) is 5.50. The van der Waals surface area contributed by atoms with E-state index in [0.29, 0.717) is 5.02 Å². The van der Waals surface area contributed by atoms with Gasteiger partial charge in [-0.15, -0.1) is 0 Å². The molecule has 0 atom stereocenters. The Balaban J connectivity index is 1.99. The Bertz CT molecular complexity index is 847. The van der Waals surface area contributed by atoms with Gasteiger partial charge >= 0.3 is 0 Å². The summed E-state index contributed by atoms with van der Waals surface area (Å²) in [6, 6.07) is 11.4. The Labute approximate surface area is 133 Å². The van der Waals surface area contributed by atoms with E-state index in [1.165, 1.54) is 12.1 Å². The van der Waals surface area contributed by atoms with E-state index < -0.39 is 11.7 Å². The van der Waals surface area contributed by atoms with Crippen LogP contribution in [0.25, 0.3) is 10.9 Å². The van der Waals surface area contributed by atoms with Crippen LogP contribution in [-0.4, -0.2) is 10.9 Å². The minimum atomic E-state index is -0.499. The SMILES string of the molecule is O=C(Nc1ccccc1F)c1[nH]c2ccc(Br)cc2c1Cl. The molecule has 0 bridgehead atoms. The molecule has 0 saturated carbocycles. The zero-order valence-electron chi connectivity index (χ0n) is 10.6. The first-order valence-corrected chi connectivity index (χ1v) is 7.26. The molecule has 0 aliphatic heterocycles. The third kappa shape index (κ3) is 2.66. The summed E-state index contributed by atoms with van der Waals surface area (Å²) in [5.41, 5.74) is 1.05. The van der Waals surface area contributed by atoms with Crippen molar-refractivity contribution in [1.29, 1.82) is 0 Å². The quantitative estimate of drug-likeness (QED) is 0.659. The molecule has 0 aliphatic carbocycles. The fraction of sp³-hybridized carbons (Fsp3) is 0. The highest BCUT2D eigenvalue weighted by atomic mass is 79.9. The van der Waals surface area contributed by atoms with Crippen LogP contribution in [0.2, 0.25) is 5.02 Å². The molecule has 0 unspecified atom stereocenters. The standard InChI is InChI=1S/C15H9BrClFN2O/c16-8-5-6-11-9(7-8)13(17)14(19-11)15(21)20-12-4-2-1-3-10(12)18/h1-7,19H,(H,20,21). The van der Waals surface area contributed by atoms with Gasteiger partial charge in [-0.05, 0) is 30.3 Å². The van der Waals surface area contributed by atoms with Crippen LogP contribution < -0.4 is 5.32 Å². The third-order valence-corrected chi connectivity index (χ3v) is 3.93. The zero-order chi connectivity index (χ0) is 15.0. The monoisotopic (exact) mass is 366 g/mol. The van der Waals surface area contributed by atoms with Gasteiger partial charge in [-0.25, -0.2) is 4.39 Å². The van der Waals surface area contributed by atoms with Gasteiger partial charge in [0.1, 0.15) is 11.5 Å². The van der Waals surface area contributed by atoms with Crippen LogP contribution in [-0.2, 0) is 0 Å². The lowest BCUT2D eigenvalue weighted by Gasteiger charge is -2.05. The van der Waals surface area contributed by atoms with Crippen LogP contribution in [0, 0.1) is 5.82 Å². The van der Waals surface area contributed by atoms with Gasteiger partial charge in [-0.1, -0.05) is 39.7 Å². The molecule has 0 fully saturated rings. The van der Waals surface area contributed by atoms with Crippen LogP contribution in [0.15, 0.2) is 46.9 Å². The van der Waals surface area contributed by atoms with Gasteiger partial charge in [0.25, 0.3) is 5.91 Å². The molecule has 3 nitrogen and oxygen atoms in total. The van der Waals surface area contributed by atoms with E-state index in [-0.39, 0.29) is 11.4 Å². The summed E-state index contributed by atoms with van der Waals surface area (Å²) in [6.45, 7) is 0. The molecule has 0 radical (unpaired) electrons. The van der Waals surface area contributed by atoms with Gasteiger partial charge < -0.3 is 10.3 Å². The number of hydrogen-bond acceptors (Lipinski definition) is 1. The fourth-order valence-corrected chi connectivity index (χ4v) is 2.69. The van der Waals surface area contributed by atoms with Crippen molar-refractivity contribution in [2.45, 2.75) is 0 Å². The van der Waals surface area contributed by atoms with Crippen molar-refractivity contribution in [2.24, 2.45) is 0 Å². The number of halogens is 3. The highest BCUT2D eigenvalue weighted by molar-refractivity contribution is 9.10. The van der Waals surface area contributed by atoms with Gasteiger partial charge in [0.15, 0.2) is 0 Å². The van der Waals surface area contributed by atoms with Crippen molar-refractivity contribution in [3.63, 3.8) is 0 Å². The molecule has 3 aromatic rings. The number of carbonyl (C=O) groups excluding carboxylic acids is 1. The maximum absolute atomic E-state index is 13.6. The number of aromatic amines is 1. The smallest absolute Gasteiger partial charge is 0.273 e. The highest BCUT2D eigenvalue weighted by Crippen LogP contribution is 2.30. The van der Waals surface area contributed by atoms with Crippen LogP contribution in [0.4, 0.5) is 10.1 Å². The lowest BCUT2D eigenvalue weighted by Crippen LogP contribution is -2.13. The number of para-hydroxylation sites is 1. The summed E-state index contributed by atoms with van der Waals surface area (Å²) >= 11 is 9.58. The van der Waals surface area contributed by atoms with Crippen LogP contribution >= 0.6 is 27.5 Å². The molecule has 0 spiro atoms. The van der Waals surface area contributed by atoms with Crippen LogP contribution in [0.1, 0.15) is 10.5 Å². The first kappa shape index (κ1) is 14.1. The van der Waals surface area contributed by atoms with Crippen molar-refractivity contribution in [3.05, 3.63) is 63.5 Å². The Morgan fingerprint density at radius 3 is 2.76 bits per heavy atom. The number of rotatable bonds is 2. The average molecular weight is 368 g/mol. The van der Waals surface area contributed by atoms with Crippen LogP contribution in [0.5, 0.6) is 0 Å². The number of amides is 1. The van der Waals surface area contributed by atoms with Crippen molar-refractivity contribution in [1.82, 2.24) is 4.98 Å². The predicted molar refractivity (Wildman–Crippen MR) is 85.4 cm³/mol. The van der Waals surface area contributed by atoms with Crippen molar-refractivity contribution in [3.8, 4) is 0 Å². The molecule has 2 N–H and O–H groups in total. The maximum atomic E-state index is 13.6. The van der Waals surface area contributed by atoms with Crippen LogP contribution in [0.3, 0.4) is 0 Å². The van der Waals surface area contributed by atoms with E-state index in [1.54, 1.807) is 12.1 Å². The Kier molecular flexibility index (Phi) is 3.69. The fourth-order valence-electron chi connectivity index (χ4n) is 2.04. The molecule has 3 rings (SSSR count). The maximum Gasteiger partial charge on any atom is 0.273 e. The molecule has 1 heterocycles. The number of carbonyl (C=O) groups is 1. The summed E-state index contributed by atoms with van der Waals surface area (Å²) in [5, 5.41) is 3.53. The van der Waals surface area contributed by atoms with Gasteiger partial charge in [0, 0.05) is 15.4 Å². The summed E-state index contributed by atoms with van der Waals surface area (Å²) < 4.78 is 14.4. The highest BCUT2D eigenvalue weighted by Gasteiger charge is 2.17. The molecule has 21 heavy (non-hydrogen) atoms. The zero-order valence-corrected chi connectivity index (χ0v) is 12.9. The lowest BCUT2D eigenvalue weighted by atomic mass is 10.2. The van der Waals surface area contributed by atoms with E-state index >= 15 is 0 Å². The van der Waals surface area contributed by atoms with Crippen molar-refractivity contribution >= 4 is 50.0 Å². The number of aromatic nitrogens is 1. The number of hydrogen-bond donors (Lipinski definition) is 2. The molecule has 2 aromatic carbocycles. The van der Waals surface area contributed by atoms with E-state index in [9.17, 15) is 9.18 Å². The topological polar surface area (TPSA) is 44.9 Å². The number of benzene rings is 2. The molecule has 1 aromatic heterocycles. The first-order chi connectivity index (χ1) is 10.1. The largest absolute Gasteiger partial charge is 0.349 e. The first-order valence-electron chi connectivity index (χ1n) is 6.09. The molecule has 1 amide bonds. The van der Waals surface area contributed by atoms with Gasteiger partial charge in [0.2, 0.25) is 0 Å². The lowest BCUT2D eigenvalue weighted by molar-refractivity contribution is 0.102. The average Bonchev–Trinajstić information content (AvgIpc) is 2.79. The summed E-state index contributed by atoms with van der Waals surface area (Å²) in [6.07, 6.45) is 0. The number of H-pyrrole nitrogens is 1. The van der Waals surface area contributed by atoms with Crippen molar-refractivity contribution in [2.75, 3.05) is 5.32 Å². The van der Waals surface area contributed by atoms with Crippen molar-refractivity contribution < 1.29 is 9.18 Å². The van der Waals surface area contributed by atoms with Gasteiger partial charge in [-0.3, -0.25) is 4.79 Å². The Morgan fingerprint density at radius 1 is 1.24 bits per heavy atom. The third-order valence-electron chi connectivity index (χ3n) is 3.05. The Morgan fingerprint density at radius 2 is 2.00 bits per heavy atom. The second-order valence-corrected chi connectivity index (χ2v) is 5.73.